The number of halogens is 3. The van der Waals surface area contributed by atoms with Crippen molar-refractivity contribution in [2.24, 2.45) is 0 Å². The molecule has 0 N–H and O–H groups in total. The third-order valence-electron chi connectivity index (χ3n) is 4.20. The van der Waals surface area contributed by atoms with Gasteiger partial charge in [-0.05, 0) is 48.4 Å². The first-order valence-electron chi connectivity index (χ1n) is 7.70. The zero-order valence-electron chi connectivity index (χ0n) is 13.2. The van der Waals surface area contributed by atoms with E-state index >= 15 is 0 Å². The highest BCUT2D eigenvalue weighted by Gasteiger charge is 2.16. The van der Waals surface area contributed by atoms with E-state index < -0.39 is 0 Å². The number of fused-ring (bicyclic) bond motifs is 1. The third kappa shape index (κ3) is 2.82. The van der Waals surface area contributed by atoms with E-state index in [1.807, 2.05) is 25.1 Å². The fourth-order valence-electron chi connectivity index (χ4n) is 3.04. The Morgan fingerprint density at radius 3 is 2.48 bits per heavy atom. The summed E-state index contributed by atoms with van der Waals surface area (Å²) >= 11 is 12.4. The Labute approximate surface area is 154 Å². The highest BCUT2D eigenvalue weighted by atomic mass is 35.5. The lowest BCUT2D eigenvalue weighted by atomic mass is 9.94. The number of furan rings is 1. The van der Waals surface area contributed by atoms with E-state index in [1.54, 1.807) is 30.3 Å². The van der Waals surface area contributed by atoms with Crippen LogP contribution < -0.4 is 0 Å². The molecule has 0 saturated carbocycles. The number of aryl methyl sites for hydroxylation is 1. The van der Waals surface area contributed by atoms with Gasteiger partial charge in [-0.15, -0.1) is 0 Å². The standard InChI is InChI=1S/C21H12Cl2FO/c1-12-11-25-20-9-13(15-4-2-3-5-19(15)24)8-17(21(12)20)16-7-6-14(22)10-18(16)23/h2-10H,1H3. The van der Waals surface area contributed by atoms with Crippen molar-refractivity contribution in [3.63, 3.8) is 0 Å². The zero-order chi connectivity index (χ0) is 17.6. The maximum Gasteiger partial charge on any atom is 0.173 e. The zero-order valence-corrected chi connectivity index (χ0v) is 14.8. The number of hydrogen-bond acceptors (Lipinski definition) is 1. The van der Waals surface area contributed by atoms with Gasteiger partial charge in [0, 0.05) is 32.1 Å². The van der Waals surface area contributed by atoms with E-state index in [-0.39, 0.29) is 5.82 Å². The lowest BCUT2D eigenvalue weighted by Crippen LogP contribution is -1.88. The first-order valence-corrected chi connectivity index (χ1v) is 8.45. The van der Waals surface area contributed by atoms with Crippen LogP contribution in [0.25, 0.3) is 33.2 Å². The monoisotopic (exact) mass is 369 g/mol. The summed E-state index contributed by atoms with van der Waals surface area (Å²) in [4.78, 5) is 0. The van der Waals surface area contributed by atoms with Crippen molar-refractivity contribution in [1.82, 2.24) is 0 Å². The molecule has 0 saturated heterocycles. The number of rotatable bonds is 2. The fraction of sp³-hybridized carbons (Fsp3) is 0.0476. The van der Waals surface area contributed by atoms with Crippen molar-refractivity contribution < 1.29 is 8.81 Å². The van der Waals surface area contributed by atoms with Gasteiger partial charge in [-0.2, -0.15) is 0 Å². The lowest BCUT2D eigenvalue weighted by molar-refractivity contribution is 0.603. The van der Waals surface area contributed by atoms with E-state index in [9.17, 15) is 4.39 Å². The molecule has 0 spiro atoms. The Morgan fingerprint density at radius 2 is 1.72 bits per heavy atom. The Bertz CT molecular complexity index is 1100. The molecule has 0 aliphatic heterocycles. The minimum absolute atomic E-state index is 0.290. The van der Waals surface area contributed by atoms with Crippen molar-refractivity contribution >= 4 is 34.2 Å². The van der Waals surface area contributed by atoms with Crippen LogP contribution in [0.15, 0.2) is 59.0 Å². The second kappa shape index (κ2) is 6.21. The molecule has 1 heterocycles. The van der Waals surface area contributed by atoms with Gasteiger partial charge in [0.15, 0.2) is 6.26 Å². The minimum Gasteiger partial charge on any atom is -0.452 e. The largest absolute Gasteiger partial charge is 0.452 e. The summed E-state index contributed by atoms with van der Waals surface area (Å²) in [7, 11) is 0. The summed E-state index contributed by atoms with van der Waals surface area (Å²) in [6.07, 6.45) is 2.87. The molecule has 4 aromatic rings. The molecule has 0 atom stereocenters. The molecule has 0 fully saturated rings. The van der Waals surface area contributed by atoms with Crippen LogP contribution in [0.3, 0.4) is 0 Å². The predicted molar refractivity (Wildman–Crippen MR) is 101 cm³/mol. The van der Waals surface area contributed by atoms with Crippen LogP contribution in [0, 0.1) is 19.0 Å². The van der Waals surface area contributed by atoms with E-state index in [0.29, 0.717) is 21.2 Å². The van der Waals surface area contributed by atoms with Gasteiger partial charge in [0.05, 0.1) is 0 Å². The molecule has 0 aliphatic rings. The number of benzene rings is 3. The van der Waals surface area contributed by atoms with Gasteiger partial charge < -0.3 is 4.42 Å². The molecule has 0 bridgehead atoms. The normalized spacial score (nSPS) is 11.2. The van der Waals surface area contributed by atoms with Crippen LogP contribution in [0.1, 0.15) is 5.56 Å². The molecule has 1 nitrogen and oxygen atoms in total. The fourth-order valence-corrected chi connectivity index (χ4v) is 3.55. The molecule has 3 aromatic carbocycles. The maximum absolute atomic E-state index is 14.3. The summed E-state index contributed by atoms with van der Waals surface area (Å²) in [6, 6.07) is 15.7. The first kappa shape index (κ1) is 16.2. The third-order valence-corrected chi connectivity index (χ3v) is 4.75. The topological polar surface area (TPSA) is 13.1 Å². The van der Waals surface area contributed by atoms with Crippen LogP contribution >= 0.6 is 23.2 Å². The van der Waals surface area contributed by atoms with Gasteiger partial charge in [0.25, 0.3) is 0 Å². The van der Waals surface area contributed by atoms with Crippen LogP contribution in [-0.2, 0) is 0 Å². The number of hydrogen-bond donors (Lipinski definition) is 0. The van der Waals surface area contributed by atoms with Crippen molar-refractivity contribution in [2.45, 2.75) is 6.92 Å². The maximum atomic E-state index is 14.3. The Kier molecular flexibility index (Phi) is 4.03. The van der Waals surface area contributed by atoms with Gasteiger partial charge in [-0.25, -0.2) is 4.39 Å². The summed E-state index contributed by atoms with van der Waals surface area (Å²) in [6.45, 7) is 1.92. The molecule has 0 amide bonds. The predicted octanol–water partition coefficient (Wildman–Crippen LogP) is 7.32. The second-order valence-electron chi connectivity index (χ2n) is 5.83. The van der Waals surface area contributed by atoms with E-state index in [2.05, 4.69) is 6.26 Å². The van der Waals surface area contributed by atoms with Gasteiger partial charge in [0.2, 0.25) is 0 Å². The van der Waals surface area contributed by atoms with E-state index in [1.165, 1.54) is 6.07 Å². The van der Waals surface area contributed by atoms with E-state index in [4.69, 9.17) is 27.6 Å². The molecule has 0 aliphatic carbocycles. The molecule has 4 rings (SSSR count). The van der Waals surface area contributed by atoms with Crippen LogP contribution in [0.2, 0.25) is 10.0 Å². The van der Waals surface area contributed by atoms with Gasteiger partial charge >= 0.3 is 0 Å². The lowest BCUT2D eigenvalue weighted by Gasteiger charge is -2.11. The SMILES string of the molecule is Cc1[c]oc2cc(-c3ccccc3F)cc(-c3ccc(Cl)cc3Cl)c12. The molecule has 1 aromatic heterocycles. The van der Waals surface area contributed by atoms with Crippen molar-refractivity contribution in [3.05, 3.63) is 82.3 Å². The van der Waals surface area contributed by atoms with Crippen LogP contribution in [0.5, 0.6) is 0 Å². The van der Waals surface area contributed by atoms with E-state index in [0.717, 1.165) is 27.6 Å². The minimum atomic E-state index is -0.290. The van der Waals surface area contributed by atoms with Crippen LogP contribution in [-0.4, -0.2) is 0 Å². The molecule has 0 unspecified atom stereocenters. The van der Waals surface area contributed by atoms with Crippen molar-refractivity contribution in [1.29, 1.82) is 0 Å². The smallest absolute Gasteiger partial charge is 0.173 e. The van der Waals surface area contributed by atoms with Crippen LogP contribution in [0.4, 0.5) is 4.39 Å². The van der Waals surface area contributed by atoms with Gasteiger partial charge in [-0.1, -0.05) is 47.5 Å². The van der Waals surface area contributed by atoms with Gasteiger partial charge in [0.1, 0.15) is 11.4 Å². The van der Waals surface area contributed by atoms with Crippen molar-refractivity contribution in [3.8, 4) is 22.3 Å². The molecule has 123 valence electrons. The summed E-state index contributed by atoms with van der Waals surface area (Å²) in [5.41, 5.74) is 4.40. The van der Waals surface area contributed by atoms with Crippen molar-refractivity contribution in [2.75, 3.05) is 0 Å². The second-order valence-corrected chi connectivity index (χ2v) is 6.67. The molecule has 1 radical (unpaired) electrons. The summed E-state index contributed by atoms with van der Waals surface area (Å²) in [5, 5.41) is 2.00. The molecule has 25 heavy (non-hydrogen) atoms. The quantitative estimate of drug-likeness (QED) is 0.360. The molecular weight excluding hydrogens is 358 g/mol. The highest BCUT2D eigenvalue weighted by molar-refractivity contribution is 6.36. The Hall–Kier alpha value is -2.29. The molecular formula is C21H12Cl2FO. The average Bonchev–Trinajstić information content (AvgIpc) is 2.96. The summed E-state index contributed by atoms with van der Waals surface area (Å²) < 4.78 is 19.8. The highest BCUT2D eigenvalue weighted by Crippen LogP contribution is 2.40. The molecule has 4 heteroatoms. The van der Waals surface area contributed by atoms with Gasteiger partial charge in [-0.3, -0.25) is 0 Å². The first-order chi connectivity index (χ1) is 12.0. The Balaban J connectivity index is 2.05. The Morgan fingerprint density at radius 1 is 0.920 bits per heavy atom. The average molecular weight is 370 g/mol. The summed E-state index contributed by atoms with van der Waals surface area (Å²) in [5.74, 6) is -0.290.